The van der Waals surface area contributed by atoms with Crippen molar-refractivity contribution in [2.45, 2.75) is 191 Å². The van der Waals surface area contributed by atoms with Crippen LogP contribution in [0.25, 0.3) is 0 Å². The van der Waals surface area contributed by atoms with Crippen molar-refractivity contribution in [1.29, 1.82) is 0 Å². The summed E-state index contributed by atoms with van der Waals surface area (Å²) in [6, 6.07) is 38.0. The first-order valence-electron chi connectivity index (χ1n) is 39.0. The van der Waals surface area contributed by atoms with E-state index in [9.17, 15) is 43.5 Å². The number of carboxylic acid groups (broad SMARTS) is 1. The van der Waals surface area contributed by atoms with Crippen LogP contribution >= 0.6 is 12.4 Å². The molecule has 7 N–H and O–H groups in total. The van der Waals surface area contributed by atoms with E-state index < -0.39 is 53.6 Å². The van der Waals surface area contributed by atoms with Crippen molar-refractivity contribution >= 4 is 66.5 Å². The van der Waals surface area contributed by atoms with Gasteiger partial charge in [-0.2, -0.15) is 0 Å². The number of rotatable bonds is 57. The Balaban J connectivity index is -0.000000821. The molecule has 672 valence electrons. The van der Waals surface area contributed by atoms with Crippen LogP contribution in [0, 0.1) is 0 Å². The van der Waals surface area contributed by atoms with Gasteiger partial charge in [0.2, 0.25) is 0 Å². The molecule has 4 amide bonds. The molecular weight excluding hydrogens is 1550 g/mol. The summed E-state index contributed by atoms with van der Waals surface area (Å²) >= 11 is 0. The van der Waals surface area contributed by atoms with Crippen molar-refractivity contribution in [3.8, 4) is 0 Å². The number of unbranched alkanes of at least 4 members (excludes halogenated alkanes) is 2. The van der Waals surface area contributed by atoms with Gasteiger partial charge in [0.15, 0.2) is 5.78 Å². The minimum Gasteiger partial charge on any atom is -0.480 e. The molecule has 0 aliphatic heterocycles. The zero-order valence-corrected chi connectivity index (χ0v) is 69.9. The lowest BCUT2D eigenvalue weighted by molar-refractivity contribution is -0.157. The van der Waals surface area contributed by atoms with Gasteiger partial charge in [-0.25, -0.2) is 34.0 Å². The molecular formula is C86H143ClN8O23. The van der Waals surface area contributed by atoms with E-state index in [2.05, 4.69) is 56.3 Å². The number of nitrogens with two attached hydrogens (primary N) is 1. The van der Waals surface area contributed by atoms with Crippen molar-refractivity contribution in [3.05, 3.63) is 144 Å². The largest absolute Gasteiger partial charge is 0.480 e. The van der Waals surface area contributed by atoms with E-state index in [-0.39, 0.29) is 111 Å². The summed E-state index contributed by atoms with van der Waals surface area (Å²) in [6.07, 6.45) is 2.61. The predicted molar refractivity (Wildman–Crippen MR) is 458 cm³/mol. The maximum absolute atomic E-state index is 13.1. The highest BCUT2D eigenvalue weighted by atomic mass is 35.5. The lowest BCUT2D eigenvalue weighted by Gasteiger charge is -2.19. The fourth-order valence-corrected chi connectivity index (χ4v) is 9.12. The molecule has 2 atom stereocenters. The molecule has 31 nitrogen and oxygen atoms in total. The Morgan fingerprint density at radius 3 is 1.08 bits per heavy atom. The number of ketones is 1. The van der Waals surface area contributed by atoms with Gasteiger partial charge in [-0.15, -0.1) is 12.4 Å². The number of hydrogen-bond acceptors (Lipinski definition) is 26. The number of ether oxygens (including phenoxy) is 14. The van der Waals surface area contributed by atoms with E-state index in [1.54, 1.807) is 12.1 Å². The number of nitrogens with one attached hydrogen (secondary N) is 4. The molecule has 4 rings (SSSR count). The van der Waals surface area contributed by atoms with E-state index in [1.807, 2.05) is 158 Å². The smallest absolute Gasteiger partial charge is 0.408 e. The number of benzene rings is 4. The summed E-state index contributed by atoms with van der Waals surface area (Å²) < 4.78 is 74.1. The zero-order valence-electron chi connectivity index (χ0n) is 69.1. The molecule has 0 bridgehead atoms. The highest BCUT2D eigenvalue weighted by Crippen LogP contribution is 2.13. The number of Topliss-reactive ketones (excluding diaryl/α,β-unsaturated/α-hetero) is 1. The molecule has 0 saturated carbocycles. The summed E-state index contributed by atoms with van der Waals surface area (Å²) in [4.78, 5) is 105. The fourth-order valence-electron chi connectivity index (χ4n) is 9.12. The van der Waals surface area contributed by atoms with Crippen LogP contribution in [0.4, 0.5) is 19.2 Å². The Kier molecular flexibility index (Phi) is 76.6. The van der Waals surface area contributed by atoms with Gasteiger partial charge in [0, 0.05) is 39.2 Å². The molecule has 0 heterocycles. The SMILES string of the molecule is C.C.C.CC(C)(C)OC(=O)CCOCCOCCOCCOCCCC(=O)[C@H](CCCCNC(=O)OCc1ccccc1)NC(=O)OCc1ccccc1.CC(C)(C)OC(=O)CCOCCOCCOCCOCCN.CCN=C=NCCCN(C)C.Cl.O=C(NCCCC[C@H](NC(=O)OCc1ccccc1)C(=O)O)OCc1ccccc1. The number of aliphatic carboxylic acids is 1. The van der Waals surface area contributed by atoms with Crippen molar-refractivity contribution in [1.82, 2.24) is 26.2 Å². The summed E-state index contributed by atoms with van der Waals surface area (Å²) in [5.41, 5.74) is 7.77. The maximum atomic E-state index is 13.1. The molecule has 4 aromatic carbocycles. The number of carbonyl (C=O) groups is 8. The van der Waals surface area contributed by atoms with Crippen LogP contribution in [-0.2, 0) is 112 Å². The Labute approximate surface area is 708 Å². The predicted octanol–water partition coefficient (Wildman–Crippen LogP) is 13.2. The van der Waals surface area contributed by atoms with Crippen LogP contribution in [0.15, 0.2) is 131 Å². The Morgan fingerprint density at radius 1 is 0.424 bits per heavy atom. The third kappa shape index (κ3) is 76.0. The molecule has 0 aromatic heterocycles. The number of halogens is 1. The van der Waals surface area contributed by atoms with Crippen LogP contribution in [0.2, 0.25) is 0 Å². The van der Waals surface area contributed by atoms with Crippen molar-refractivity contribution in [2.75, 3.05) is 159 Å². The van der Waals surface area contributed by atoms with E-state index in [4.69, 9.17) is 72.0 Å². The lowest BCUT2D eigenvalue weighted by atomic mass is 10.0. The maximum Gasteiger partial charge on any atom is 0.408 e. The zero-order chi connectivity index (χ0) is 83.8. The van der Waals surface area contributed by atoms with Crippen LogP contribution in [-0.4, -0.2) is 246 Å². The molecule has 0 fully saturated rings. The number of carbonyl (C=O) groups excluding carboxylic acids is 7. The van der Waals surface area contributed by atoms with Gasteiger partial charge in [-0.05, 0) is 143 Å². The average Bonchev–Trinajstić information content (AvgIpc) is 0.875. The van der Waals surface area contributed by atoms with Crippen molar-refractivity contribution in [2.24, 2.45) is 15.7 Å². The van der Waals surface area contributed by atoms with Gasteiger partial charge in [-0.3, -0.25) is 14.4 Å². The average molecular weight is 1690 g/mol. The van der Waals surface area contributed by atoms with Gasteiger partial charge < -0.3 is 103 Å². The van der Waals surface area contributed by atoms with Crippen molar-refractivity contribution in [3.63, 3.8) is 0 Å². The second kappa shape index (κ2) is 78.2. The minimum absolute atomic E-state index is 0. The minimum atomic E-state index is -1.14. The monoisotopic (exact) mass is 1690 g/mol. The second-order valence-electron chi connectivity index (χ2n) is 27.4. The molecule has 0 aliphatic carbocycles. The molecule has 0 spiro atoms. The van der Waals surface area contributed by atoms with Crippen LogP contribution < -0.4 is 27.0 Å². The summed E-state index contributed by atoms with van der Waals surface area (Å²) in [6.45, 7) is 24.3. The van der Waals surface area contributed by atoms with E-state index in [0.29, 0.717) is 157 Å². The Bertz CT molecular complexity index is 3170. The number of nitrogens with zero attached hydrogens (tertiary/aromatic N) is 3. The number of hydrogen-bond donors (Lipinski definition) is 6. The number of alkyl carbamates (subject to hydrolysis) is 4. The third-order valence-corrected chi connectivity index (χ3v) is 14.6. The van der Waals surface area contributed by atoms with Gasteiger partial charge in [0.1, 0.15) is 43.7 Å². The van der Waals surface area contributed by atoms with E-state index in [0.717, 1.165) is 48.3 Å². The van der Waals surface area contributed by atoms with Crippen molar-refractivity contribution < 1.29 is 110 Å². The Morgan fingerprint density at radius 2 is 0.746 bits per heavy atom. The first-order chi connectivity index (χ1) is 54.9. The topological polar surface area (TPSA) is 388 Å². The molecule has 118 heavy (non-hydrogen) atoms. The third-order valence-electron chi connectivity index (χ3n) is 14.6. The summed E-state index contributed by atoms with van der Waals surface area (Å²) in [5, 5.41) is 19.7. The van der Waals surface area contributed by atoms with Gasteiger partial charge >= 0.3 is 42.3 Å². The highest BCUT2D eigenvalue weighted by molar-refractivity contribution is 5.87. The van der Waals surface area contributed by atoms with E-state index in [1.165, 1.54) is 0 Å². The lowest BCUT2D eigenvalue weighted by Crippen LogP contribution is -2.41. The molecule has 0 aliphatic rings. The standard InChI is InChI=1S/C38H56N2O11.C22H26N2O6.C15H31NO6.C8H17N3.3CH4.ClH/c1-38(2,3)51-35(42)19-22-46-24-26-48-28-27-47-25-23-45-21-12-18-34(41)33(40-37(44)50-30-32-15-8-5-9-16-32)17-10-11-20-39-36(43)49-29-31-13-6-4-7-14-31;25-20(26)19(24-22(28)30-16-18-11-5-2-6-12-18)13-7-8-14-23-21(27)29-15-17-9-3-1-4-10-17;1-15(2,3)22-14(17)4-6-18-8-10-20-12-13-21-11-9-19-7-5-16;1-4-9-8-10-6-5-7-11(2)3;;;;/h4-9,13-16,33H,10-12,17-30H2,1-3H3,(H,39,43)(H,40,44);1-6,9-12,19H,7-8,13-16H2,(H,23,27)(H,24,28)(H,25,26);4-13,16H2,1-3H3;4-7H2,1-3H3;3*1H4;1H/t33-;19-;;;;;;/m00....../s1. The normalized spacial score (nSPS) is 11.0. The van der Waals surface area contributed by atoms with Gasteiger partial charge in [0.05, 0.1) is 131 Å². The first-order valence-corrected chi connectivity index (χ1v) is 39.0. The summed E-state index contributed by atoms with van der Waals surface area (Å²) in [7, 11) is 4.12. The fraction of sp³-hybridized carbons (Fsp3) is 0.616. The molecule has 32 heteroatoms. The van der Waals surface area contributed by atoms with Crippen LogP contribution in [0.1, 0.15) is 164 Å². The number of esters is 2. The first kappa shape index (κ1) is 116. The highest BCUT2D eigenvalue weighted by Gasteiger charge is 2.23. The van der Waals surface area contributed by atoms with E-state index >= 15 is 0 Å². The second-order valence-corrected chi connectivity index (χ2v) is 27.4. The van der Waals surface area contributed by atoms with Gasteiger partial charge in [0.25, 0.3) is 0 Å². The number of aliphatic imine (C=N–C) groups is 2. The quantitative estimate of drug-likeness (QED) is 0.0103. The Hall–Kier alpha value is -8.69. The number of amides is 4. The summed E-state index contributed by atoms with van der Waals surface area (Å²) in [5.74, 6) is -1.80. The van der Waals surface area contributed by atoms with Crippen LogP contribution in [0.3, 0.4) is 0 Å². The number of carboxylic acids is 1. The molecule has 0 radical (unpaired) electrons. The van der Waals surface area contributed by atoms with Gasteiger partial charge in [-0.1, -0.05) is 144 Å². The molecule has 0 saturated heterocycles. The molecule has 0 unspecified atom stereocenters. The molecule has 4 aromatic rings. The van der Waals surface area contributed by atoms with Crippen LogP contribution in [0.5, 0.6) is 0 Å².